The third kappa shape index (κ3) is 4.18. The van der Waals surface area contributed by atoms with E-state index in [0.717, 1.165) is 12.1 Å². The molecule has 1 heterocycles. The lowest BCUT2D eigenvalue weighted by Crippen LogP contribution is -2.33. The number of aromatic nitrogens is 2. The van der Waals surface area contributed by atoms with Gasteiger partial charge in [0.05, 0.1) is 42.2 Å². The lowest BCUT2D eigenvalue weighted by Gasteiger charge is -2.27. The summed E-state index contributed by atoms with van der Waals surface area (Å²) in [7, 11) is 3.59. The average molecular weight is 290 g/mol. The maximum atomic E-state index is 6.28. The van der Waals surface area contributed by atoms with Gasteiger partial charge in [-0.15, -0.1) is 0 Å². The van der Waals surface area contributed by atoms with Crippen molar-refractivity contribution in [2.75, 3.05) is 27.4 Å². The summed E-state index contributed by atoms with van der Waals surface area (Å²) in [6.07, 6.45) is 2.66. The Kier molecular flexibility index (Phi) is 7.38. The largest absolute Gasteiger partial charge is 0.383 e. The minimum Gasteiger partial charge on any atom is -0.383 e. The summed E-state index contributed by atoms with van der Waals surface area (Å²) in [5, 5.41) is 8.26. The normalized spacial score (nSPS) is 14.6. The van der Waals surface area contributed by atoms with Crippen molar-refractivity contribution < 1.29 is 9.47 Å². The number of methoxy groups -OCH3 is 1. The number of hydrogen-bond donors (Lipinski definition) is 1. The van der Waals surface area contributed by atoms with Crippen LogP contribution in [0.1, 0.15) is 32.0 Å². The van der Waals surface area contributed by atoms with E-state index < -0.39 is 0 Å². The van der Waals surface area contributed by atoms with E-state index in [4.69, 9.17) is 21.1 Å². The summed E-state index contributed by atoms with van der Waals surface area (Å²) in [6, 6.07) is 0.0248. The summed E-state index contributed by atoms with van der Waals surface area (Å²) < 4.78 is 12.8. The van der Waals surface area contributed by atoms with E-state index in [9.17, 15) is 0 Å². The highest BCUT2D eigenvalue weighted by molar-refractivity contribution is 6.31. The zero-order valence-corrected chi connectivity index (χ0v) is 12.9. The zero-order chi connectivity index (χ0) is 14.3. The van der Waals surface area contributed by atoms with Crippen LogP contribution < -0.4 is 5.32 Å². The van der Waals surface area contributed by atoms with Gasteiger partial charge in [-0.05, 0) is 20.4 Å². The van der Waals surface area contributed by atoms with E-state index >= 15 is 0 Å². The number of rotatable bonds is 9. The first-order valence-electron chi connectivity index (χ1n) is 6.68. The maximum absolute atomic E-state index is 6.28. The molecule has 110 valence electrons. The molecule has 5 nitrogen and oxygen atoms in total. The van der Waals surface area contributed by atoms with Crippen molar-refractivity contribution in [2.24, 2.45) is 0 Å². The molecular weight excluding hydrogens is 266 g/mol. The minimum atomic E-state index is 0.0248. The quantitative estimate of drug-likeness (QED) is 0.757. The molecule has 0 aliphatic heterocycles. The average Bonchev–Trinajstić information content (AvgIpc) is 2.78. The molecule has 19 heavy (non-hydrogen) atoms. The Morgan fingerprint density at radius 3 is 2.74 bits per heavy atom. The van der Waals surface area contributed by atoms with Crippen LogP contribution in [0.2, 0.25) is 5.02 Å². The van der Waals surface area contributed by atoms with Crippen LogP contribution in [-0.4, -0.2) is 43.3 Å². The van der Waals surface area contributed by atoms with Crippen molar-refractivity contribution in [2.45, 2.75) is 39.0 Å². The van der Waals surface area contributed by atoms with Crippen LogP contribution in [0.5, 0.6) is 0 Å². The molecule has 0 fully saturated rings. The zero-order valence-electron chi connectivity index (χ0n) is 12.1. The molecule has 0 radical (unpaired) electrons. The summed E-state index contributed by atoms with van der Waals surface area (Å²) in [6.45, 7) is 6.07. The number of nitrogens with one attached hydrogen (secondary N) is 1. The number of halogens is 1. The highest BCUT2D eigenvalue weighted by Crippen LogP contribution is 2.27. The second-order valence-corrected chi connectivity index (χ2v) is 4.67. The third-order valence-electron chi connectivity index (χ3n) is 3.10. The van der Waals surface area contributed by atoms with Crippen molar-refractivity contribution in [3.05, 3.63) is 16.9 Å². The standard InChI is InChI=1S/C13H24ClN3O2/c1-5-11(19-6-2)12(15-3)13-10(14)9-16-17(13)7-8-18-4/h9,11-12,15H,5-8H2,1-4H3. The Bertz CT molecular complexity index is 371. The van der Waals surface area contributed by atoms with Crippen LogP contribution in [0, 0.1) is 0 Å². The van der Waals surface area contributed by atoms with Gasteiger partial charge in [-0.3, -0.25) is 4.68 Å². The van der Waals surface area contributed by atoms with Gasteiger partial charge < -0.3 is 14.8 Å². The van der Waals surface area contributed by atoms with E-state index in [2.05, 4.69) is 17.3 Å². The Hall–Kier alpha value is -0.620. The molecule has 0 aliphatic carbocycles. The van der Waals surface area contributed by atoms with Crippen LogP contribution in [-0.2, 0) is 16.0 Å². The van der Waals surface area contributed by atoms with Crippen molar-refractivity contribution in [3.8, 4) is 0 Å². The fraction of sp³-hybridized carbons (Fsp3) is 0.769. The van der Waals surface area contributed by atoms with E-state index in [1.54, 1.807) is 13.3 Å². The van der Waals surface area contributed by atoms with E-state index in [1.165, 1.54) is 0 Å². The summed E-state index contributed by atoms with van der Waals surface area (Å²) in [4.78, 5) is 0. The van der Waals surface area contributed by atoms with E-state index in [-0.39, 0.29) is 12.1 Å². The summed E-state index contributed by atoms with van der Waals surface area (Å²) in [5.74, 6) is 0. The fourth-order valence-corrected chi connectivity index (χ4v) is 2.46. The molecule has 0 spiro atoms. The van der Waals surface area contributed by atoms with Gasteiger partial charge >= 0.3 is 0 Å². The molecule has 0 saturated carbocycles. The molecule has 1 aromatic rings. The van der Waals surface area contributed by atoms with Crippen molar-refractivity contribution in [3.63, 3.8) is 0 Å². The van der Waals surface area contributed by atoms with Gasteiger partial charge in [0.2, 0.25) is 0 Å². The first-order chi connectivity index (χ1) is 9.19. The molecule has 1 N–H and O–H groups in total. The molecule has 0 amide bonds. The van der Waals surface area contributed by atoms with Crippen LogP contribution >= 0.6 is 11.6 Å². The lowest BCUT2D eigenvalue weighted by molar-refractivity contribution is 0.0308. The number of likely N-dealkylation sites (N-methyl/N-ethyl adjacent to an activating group) is 1. The molecule has 0 aromatic carbocycles. The van der Waals surface area contributed by atoms with Crippen LogP contribution in [0.4, 0.5) is 0 Å². The molecule has 2 unspecified atom stereocenters. The number of ether oxygens (including phenoxy) is 2. The van der Waals surface area contributed by atoms with Crippen LogP contribution in [0.15, 0.2) is 6.20 Å². The van der Waals surface area contributed by atoms with Gasteiger partial charge in [-0.2, -0.15) is 5.10 Å². The van der Waals surface area contributed by atoms with Gasteiger partial charge in [-0.25, -0.2) is 0 Å². The van der Waals surface area contributed by atoms with Crippen LogP contribution in [0.3, 0.4) is 0 Å². The smallest absolute Gasteiger partial charge is 0.0835 e. The number of nitrogens with zero attached hydrogens (tertiary/aromatic N) is 2. The van der Waals surface area contributed by atoms with Gasteiger partial charge in [0.15, 0.2) is 0 Å². The van der Waals surface area contributed by atoms with E-state index in [1.807, 2.05) is 18.7 Å². The van der Waals surface area contributed by atoms with Gasteiger partial charge in [-0.1, -0.05) is 18.5 Å². The van der Waals surface area contributed by atoms with Crippen molar-refractivity contribution >= 4 is 11.6 Å². The van der Waals surface area contributed by atoms with Crippen LogP contribution in [0.25, 0.3) is 0 Å². The molecule has 6 heteroatoms. The third-order valence-corrected chi connectivity index (χ3v) is 3.39. The monoisotopic (exact) mass is 289 g/mol. The summed E-state index contributed by atoms with van der Waals surface area (Å²) >= 11 is 6.28. The first kappa shape index (κ1) is 16.4. The molecule has 1 rings (SSSR count). The molecular formula is C13H24ClN3O2. The molecule has 1 aromatic heterocycles. The van der Waals surface area contributed by atoms with Gasteiger partial charge in [0.25, 0.3) is 0 Å². The Balaban J connectivity index is 2.98. The Morgan fingerprint density at radius 1 is 1.47 bits per heavy atom. The SMILES string of the molecule is CCOC(CC)C(NC)c1c(Cl)cnn1CCOC. The Labute approximate surface area is 120 Å². The topological polar surface area (TPSA) is 48.3 Å². The molecule has 0 aliphatic rings. The predicted molar refractivity (Wildman–Crippen MR) is 76.6 cm³/mol. The molecule has 2 atom stereocenters. The molecule has 0 saturated heterocycles. The predicted octanol–water partition coefficient (Wildman–Crippen LogP) is 2.26. The Morgan fingerprint density at radius 2 is 2.21 bits per heavy atom. The van der Waals surface area contributed by atoms with Crippen molar-refractivity contribution in [1.29, 1.82) is 0 Å². The lowest BCUT2D eigenvalue weighted by atomic mass is 10.1. The molecule has 0 bridgehead atoms. The fourth-order valence-electron chi connectivity index (χ4n) is 2.20. The second kappa shape index (κ2) is 8.53. The summed E-state index contributed by atoms with van der Waals surface area (Å²) in [5.41, 5.74) is 0.960. The highest BCUT2D eigenvalue weighted by atomic mass is 35.5. The van der Waals surface area contributed by atoms with Gasteiger partial charge in [0.1, 0.15) is 0 Å². The first-order valence-corrected chi connectivity index (χ1v) is 7.06. The van der Waals surface area contributed by atoms with Gasteiger partial charge in [0, 0.05) is 13.7 Å². The minimum absolute atomic E-state index is 0.0248. The van der Waals surface area contributed by atoms with Crippen molar-refractivity contribution in [1.82, 2.24) is 15.1 Å². The number of hydrogen-bond acceptors (Lipinski definition) is 4. The maximum Gasteiger partial charge on any atom is 0.0835 e. The van der Waals surface area contributed by atoms with E-state index in [0.29, 0.717) is 24.8 Å². The highest BCUT2D eigenvalue weighted by Gasteiger charge is 2.26. The second-order valence-electron chi connectivity index (χ2n) is 4.26.